The van der Waals surface area contributed by atoms with Crippen LogP contribution >= 0.6 is 15.9 Å². The number of hydrogen-bond donors (Lipinski definition) is 1. The smallest absolute Gasteiger partial charge is 0.131 e. The molecule has 0 bridgehead atoms. The molecule has 2 rings (SSSR count). The Morgan fingerprint density at radius 2 is 2.00 bits per heavy atom. The van der Waals surface area contributed by atoms with E-state index in [9.17, 15) is 0 Å². The SMILES string of the molecule is Cc1nc(Br)cc(NC2(C)CCCC2)n1. The van der Waals surface area contributed by atoms with Gasteiger partial charge in [0, 0.05) is 11.6 Å². The van der Waals surface area contributed by atoms with Crippen LogP contribution in [0.4, 0.5) is 5.82 Å². The molecule has 1 heterocycles. The Hall–Kier alpha value is -0.640. The Bertz CT molecular complexity index is 339. The van der Waals surface area contributed by atoms with Gasteiger partial charge in [-0.3, -0.25) is 0 Å². The summed E-state index contributed by atoms with van der Waals surface area (Å²) in [7, 11) is 0. The van der Waals surface area contributed by atoms with Gasteiger partial charge in [-0.25, -0.2) is 9.97 Å². The highest BCUT2D eigenvalue weighted by Gasteiger charge is 2.28. The lowest BCUT2D eigenvalue weighted by Crippen LogP contribution is -2.31. The van der Waals surface area contributed by atoms with E-state index in [1.54, 1.807) is 0 Å². The number of anilines is 1. The van der Waals surface area contributed by atoms with E-state index in [0.29, 0.717) is 0 Å². The van der Waals surface area contributed by atoms with E-state index in [1.807, 2.05) is 13.0 Å². The zero-order chi connectivity index (χ0) is 10.9. The molecule has 3 nitrogen and oxygen atoms in total. The van der Waals surface area contributed by atoms with Crippen molar-refractivity contribution in [3.63, 3.8) is 0 Å². The second kappa shape index (κ2) is 4.08. The van der Waals surface area contributed by atoms with Crippen molar-refractivity contribution in [2.24, 2.45) is 0 Å². The van der Waals surface area contributed by atoms with Gasteiger partial charge in [-0.2, -0.15) is 0 Å². The fourth-order valence-electron chi connectivity index (χ4n) is 2.18. The average molecular weight is 270 g/mol. The van der Waals surface area contributed by atoms with Crippen LogP contribution < -0.4 is 5.32 Å². The second-order valence-electron chi connectivity index (χ2n) is 4.52. The van der Waals surface area contributed by atoms with E-state index in [1.165, 1.54) is 25.7 Å². The van der Waals surface area contributed by atoms with Crippen molar-refractivity contribution in [2.45, 2.75) is 45.1 Å². The van der Waals surface area contributed by atoms with Gasteiger partial charge >= 0.3 is 0 Å². The van der Waals surface area contributed by atoms with Gasteiger partial charge in [-0.15, -0.1) is 0 Å². The van der Waals surface area contributed by atoms with Crippen LogP contribution in [0.5, 0.6) is 0 Å². The fraction of sp³-hybridized carbons (Fsp3) is 0.636. The predicted octanol–water partition coefficient (Wildman–Crippen LogP) is 3.29. The fourth-order valence-corrected chi connectivity index (χ4v) is 2.66. The third-order valence-corrected chi connectivity index (χ3v) is 3.35. The summed E-state index contributed by atoms with van der Waals surface area (Å²) in [5.74, 6) is 1.73. The van der Waals surface area contributed by atoms with Crippen LogP contribution in [-0.4, -0.2) is 15.5 Å². The summed E-state index contributed by atoms with van der Waals surface area (Å²) >= 11 is 3.39. The molecule has 0 radical (unpaired) electrons. The first-order valence-corrected chi connectivity index (χ1v) is 6.16. The zero-order valence-corrected chi connectivity index (χ0v) is 10.8. The highest BCUT2D eigenvalue weighted by Crippen LogP contribution is 2.32. The van der Waals surface area contributed by atoms with Gasteiger partial charge < -0.3 is 5.32 Å². The normalized spacial score (nSPS) is 19.1. The lowest BCUT2D eigenvalue weighted by molar-refractivity contribution is 0.530. The first kappa shape index (κ1) is 10.9. The Kier molecular flexibility index (Phi) is 2.96. The van der Waals surface area contributed by atoms with Crippen LogP contribution in [0, 0.1) is 6.92 Å². The first-order valence-electron chi connectivity index (χ1n) is 5.37. The van der Waals surface area contributed by atoms with Crippen LogP contribution in [-0.2, 0) is 0 Å². The quantitative estimate of drug-likeness (QED) is 0.838. The lowest BCUT2D eigenvalue weighted by Gasteiger charge is -2.26. The van der Waals surface area contributed by atoms with E-state index in [-0.39, 0.29) is 5.54 Å². The van der Waals surface area contributed by atoms with Gasteiger partial charge in [0.25, 0.3) is 0 Å². The van der Waals surface area contributed by atoms with Gasteiger partial charge in [0.1, 0.15) is 16.2 Å². The molecule has 0 aromatic carbocycles. The Labute approximate surface area is 98.8 Å². The molecule has 1 aliphatic carbocycles. The summed E-state index contributed by atoms with van der Waals surface area (Å²) in [6.07, 6.45) is 5.09. The number of nitrogens with zero attached hydrogens (tertiary/aromatic N) is 2. The minimum absolute atomic E-state index is 0.222. The van der Waals surface area contributed by atoms with Crippen molar-refractivity contribution in [1.29, 1.82) is 0 Å². The third-order valence-electron chi connectivity index (χ3n) is 2.94. The lowest BCUT2D eigenvalue weighted by atomic mass is 10.0. The van der Waals surface area contributed by atoms with Gasteiger partial charge in [-0.1, -0.05) is 12.8 Å². The number of hydrogen-bond acceptors (Lipinski definition) is 3. The highest BCUT2D eigenvalue weighted by molar-refractivity contribution is 9.10. The molecule has 1 aliphatic rings. The summed E-state index contributed by atoms with van der Waals surface area (Å²) in [5.41, 5.74) is 0.222. The average Bonchev–Trinajstić information content (AvgIpc) is 2.49. The maximum absolute atomic E-state index is 4.39. The molecule has 15 heavy (non-hydrogen) atoms. The molecule has 1 saturated carbocycles. The molecule has 0 spiro atoms. The van der Waals surface area contributed by atoms with Crippen molar-refractivity contribution in [2.75, 3.05) is 5.32 Å². The third kappa shape index (κ3) is 2.68. The Morgan fingerprint density at radius 3 is 2.60 bits per heavy atom. The molecule has 0 unspecified atom stereocenters. The van der Waals surface area contributed by atoms with E-state index in [2.05, 4.69) is 38.1 Å². The monoisotopic (exact) mass is 269 g/mol. The number of aromatic nitrogens is 2. The molecular formula is C11H16BrN3. The van der Waals surface area contributed by atoms with Gasteiger partial charge in [0.05, 0.1) is 0 Å². The topological polar surface area (TPSA) is 37.8 Å². The van der Waals surface area contributed by atoms with Crippen LogP contribution in [0.3, 0.4) is 0 Å². The summed E-state index contributed by atoms with van der Waals surface area (Å²) < 4.78 is 0.846. The van der Waals surface area contributed by atoms with E-state index in [0.717, 1.165) is 16.2 Å². The van der Waals surface area contributed by atoms with E-state index < -0.39 is 0 Å². The minimum atomic E-state index is 0.222. The summed E-state index contributed by atoms with van der Waals surface area (Å²) in [6, 6.07) is 1.94. The molecule has 1 fully saturated rings. The molecule has 1 aromatic rings. The van der Waals surface area contributed by atoms with Crippen molar-refractivity contribution in [3.8, 4) is 0 Å². The number of nitrogens with one attached hydrogen (secondary N) is 1. The first-order chi connectivity index (χ1) is 7.07. The number of halogens is 1. The maximum atomic E-state index is 4.39. The number of rotatable bonds is 2. The standard InChI is InChI=1S/C11H16BrN3/c1-8-13-9(12)7-10(14-8)15-11(2)5-3-4-6-11/h7H,3-6H2,1-2H3,(H,13,14,15). The van der Waals surface area contributed by atoms with Crippen LogP contribution in [0.15, 0.2) is 10.7 Å². The molecule has 0 atom stereocenters. The van der Waals surface area contributed by atoms with Crippen molar-refractivity contribution in [3.05, 3.63) is 16.5 Å². The summed E-state index contributed by atoms with van der Waals surface area (Å²) in [5, 5.41) is 3.52. The predicted molar refractivity (Wildman–Crippen MR) is 65.0 cm³/mol. The van der Waals surface area contributed by atoms with Gasteiger partial charge in [-0.05, 0) is 42.6 Å². The van der Waals surface area contributed by atoms with Crippen molar-refractivity contribution in [1.82, 2.24) is 9.97 Å². The van der Waals surface area contributed by atoms with Gasteiger partial charge in [0.2, 0.25) is 0 Å². The molecule has 4 heteroatoms. The highest BCUT2D eigenvalue weighted by atomic mass is 79.9. The second-order valence-corrected chi connectivity index (χ2v) is 5.33. The molecule has 1 aromatic heterocycles. The maximum Gasteiger partial charge on any atom is 0.131 e. The Balaban J connectivity index is 2.16. The summed E-state index contributed by atoms with van der Waals surface area (Å²) in [6.45, 7) is 4.18. The van der Waals surface area contributed by atoms with Crippen molar-refractivity contribution < 1.29 is 0 Å². The molecule has 82 valence electrons. The van der Waals surface area contributed by atoms with Crippen LogP contribution in [0.2, 0.25) is 0 Å². The minimum Gasteiger partial charge on any atom is -0.365 e. The van der Waals surface area contributed by atoms with E-state index >= 15 is 0 Å². The van der Waals surface area contributed by atoms with Crippen molar-refractivity contribution >= 4 is 21.7 Å². The molecule has 1 N–H and O–H groups in total. The molecule has 0 saturated heterocycles. The van der Waals surface area contributed by atoms with Crippen LogP contribution in [0.1, 0.15) is 38.4 Å². The van der Waals surface area contributed by atoms with Crippen LogP contribution in [0.25, 0.3) is 0 Å². The molecule has 0 aliphatic heterocycles. The zero-order valence-electron chi connectivity index (χ0n) is 9.18. The summed E-state index contributed by atoms with van der Waals surface area (Å²) in [4.78, 5) is 8.59. The van der Waals surface area contributed by atoms with Gasteiger partial charge in [0.15, 0.2) is 0 Å². The number of aryl methyl sites for hydroxylation is 1. The molecular weight excluding hydrogens is 254 g/mol. The largest absolute Gasteiger partial charge is 0.365 e. The van der Waals surface area contributed by atoms with E-state index in [4.69, 9.17) is 0 Å². The Morgan fingerprint density at radius 1 is 1.33 bits per heavy atom. The molecule has 0 amide bonds.